The minimum absolute atomic E-state index is 0.192. The van der Waals surface area contributed by atoms with Crippen LogP contribution in [0.2, 0.25) is 0 Å². The second-order valence-corrected chi connectivity index (χ2v) is 5.06. The van der Waals surface area contributed by atoms with Crippen molar-refractivity contribution in [3.05, 3.63) is 70.2 Å². The number of hydrogen-bond acceptors (Lipinski definition) is 2. The molecule has 4 heteroatoms. The smallest absolute Gasteiger partial charge is 0.251 e. The van der Waals surface area contributed by atoms with Crippen LogP contribution in [0.3, 0.4) is 0 Å². The Labute approximate surface area is 120 Å². The summed E-state index contributed by atoms with van der Waals surface area (Å²) in [5.41, 5.74) is 1.36. The first kappa shape index (κ1) is 13.8. The van der Waals surface area contributed by atoms with Gasteiger partial charge in [0.05, 0.1) is 6.10 Å². The van der Waals surface area contributed by atoms with Gasteiger partial charge in [0.1, 0.15) is 0 Å². The van der Waals surface area contributed by atoms with Gasteiger partial charge in [0.25, 0.3) is 5.91 Å². The second-order valence-electron chi connectivity index (χ2n) is 4.14. The Bertz CT molecular complexity index is 540. The van der Waals surface area contributed by atoms with Gasteiger partial charge in [-0.3, -0.25) is 4.79 Å². The van der Waals surface area contributed by atoms with E-state index in [1.165, 1.54) is 0 Å². The lowest BCUT2D eigenvalue weighted by molar-refractivity contribution is 0.0916. The van der Waals surface area contributed by atoms with E-state index in [9.17, 15) is 9.90 Å². The molecule has 1 amide bonds. The van der Waals surface area contributed by atoms with Crippen molar-refractivity contribution in [3.8, 4) is 0 Å². The number of amides is 1. The number of benzene rings is 2. The van der Waals surface area contributed by atoms with E-state index < -0.39 is 6.10 Å². The maximum absolute atomic E-state index is 11.9. The quantitative estimate of drug-likeness (QED) is 0.910. The van der Waals surface area contributed by atoms with E-state index in [0.717, 1.165) is 10.0 Å². The summed E-state index contributed by atoms with van der Waals surface area (Å²) in [5.74, 6) is -0.192. The van der Waals surface area contributed by atoms with Crippen molar-refractivity contribution in [2.24, 2.45) is 0 Å². The molecule has 0 unspecified atom stereocenters. The molecular weight excluding hydrogens is 306 g/mol. The normalized spacial score (nSPS) is 11.9. The highest BCUT2D eigenvalue weighted by Gasteiger charge is 2.10. The monoisotopic (exact) mass is 319 g/mol. The predicted molar refractivity (Wildman–Crippen MR) is 77.9 cm³/mol. The van der Waals surface area contributed by atoms with Gasteiger partial charge in [-0.2, -0.15) is 0 Å². The van der Waals surface area contributed by atoms with Crippen LogP contribution < -0.4 is 5.32 Å². The summed E-state index contributed by atoms with van der Waals surface area (Å²) in [6.45, 7) is 0.193. The summed E-state index contributed by atoms with van der Waals surface area (Å²) in [7, 11) is 0. The third-order valence-corrected chi connectivity index (χ3v) is 3.28. The molecule has 0 saturated carbocycles. The Kier molecular flexibility index (Phi) is 4.71. The standard InChI is InChI=1S/C15H14BrNO2/c16-13-8-6-12(7-9-13)15(19)17-10-14(18)11-4-2-1-3-5-11/h1-9,14,18H,10H2,(H,17,19)/t14-/m1/s1. The van der Waals surface area contributed by atoms with Crippen LogP contribution in [-0.2, 0) is 0 Å². The summed E-state index contributed by atoms with van der Waals surface area (Å²) < 4.78 is 0.924. The Morgan fingerprint density at radius 2 is 1.74 bits per heavy atom. The van der Waals surface area contributed by atoms with Gasteiger partial charge < -0.3 is 10.4 Å². The average molecular weight is 320 g/mol. The number of carbonyl (C=O) groups excluding carboxylic acids is 1. The number of halogens is 1. The van der Waals surface area contributed by atoms with Crippen molar-refractivity contribution in [1.82, 2.24) is 5.32 Å². The number of aliphatic hydroxyl groups excluding tert-OH is 1. The van der Waals surface area contributed by atoms with Crippen LogP contribution in [0.4, 0.5) is 0 Å². The first-order valence-corrected chi connectivity index (χ1v) is 6.73. The van der Waals surface area contributed by atoms with Gasteiger partial charge in [0, 0.05) is 16.6 Å². The highest BCUT2D eigenvalue weighted by molar-refractivity contribution is 9.10. The zero-order valence-corrected chi connectivity index (χ0v) is 11.8. The maximum Gasteiger partial charge on any atom is 0.251 e. The van der Waals surface area contributed by atoms with Crippen molar-refractivity contribution in [2.75, 3.05) is 6.54 Å². The number of nitrogens with one attached hydrogen (secondary N) is 1. The van der Waals surface area contributed by atoms with Gasteiger partial charge in [-0.05, 0) is 29.8 Å². The van der Waals surface area contributed by atoms with Crippen molar-refractivity contribution < 1.29 is 9.90 Å². The minimum atomic E-state index is -0.694. The molecule has 98 valence electrons. The largest absolute Gasteiger partial charge is 0.387 e. The third kappa shape index (κ3) is 3.91. The highest BCUT2D eigenvalue weighted by Crippen LogP contribution is 2.12. The second kappa shape index (κ2) is 6.50. The molecule has 1 atom stereocenters. The molecule has 0 fully saturated rings. The van der Waals surface area contributed by atoms with Crippen LogP contribution in [0.15, 0.2) is 59.1 Å². The molecule has 0 aliphatic rings. The fraction of sp³-hybridized carbons (Fsp3) is 0.133. The van der Waals surface area contributed by atoms with Crippen LogP contribution in [0.1, 0.15) is 22.0 Å². The van der Waals surface area contributed by atoms with E-state index in [2.05, 4.69) is 21.2 Å². The summed E-state index contributed by atoms with van der Waals surface area (Å²) in [6, 6.07) is 16.3. The molecule has 0 heterocycles. The maximum atomic E-state index is 11.9. The fourth-order valence-corrected chi connectivity index (χ4v) is 1.95. The first-order valence-electron chi connectivity index (χ1n) is 5.93. The summed E-state index contributed by atoms with van der Waals surface area (Å²) in [6.07, 6.45) is -0.694. The van der Waals surface area contributed by atoms with Crippen molar-refractivity contribution in [1.29, 1.82) is 0 Å². The van der Waals surface area contributed by atoms with E-state index in [4.69, 9.17) is 0 Å². The molecule has 0 aliphatic heterocycles. The van der Waals surface area contributed by atoms with Crippen LogP contribution >= 0.6 is 15.9 Å². The lowest BCUT2D eigenvalue weighted by Gasteiger charge is -2.12. The topological polar surface area (TPSA) is 49.3 Å². The number of carbonyl (C=O) groups is 1. The van der Waals surface area contributed by atoms with Crippen LogP contribution in [0.5, 0.6) is 0 Å². The highest BCUT2D eigenvalue weighted by atomic mass is 79.9. The van der Waals surface area contributed by atoms with Gasteiger partial charge in [-0.15, -0.1) is 0 Å². The molecule has 0 aliphatic carbocycles. The van der Waals surface area contributed by atoms with E-state index >= 15 is 0 Å². The molecule has 2 N–H and O–H groups in total. The van der Waals surface area contributed by atoms with Gasteiger partial charge in [0.2, 0.25) is 0 Å². The summed E-state index contributed by atoms with van der Waals surface area (Å²) in [5, 5.41) is 12.7. The molecule has 2 aromatic carbocycles. The van der Waals surface area contributed by atoms with Gasteiger partial charge >= 0.3 is 0 Å². The van der Waals surface area contributed by atoms with E-state index in [1.54, 1.807) is 12.1 Å². The summed E-state index contributed by atoms with van der Waals surface area (Å²) >= 11 is 3.32. The van der Waals surface area contributed by atoms with Crippen molar-refractivity contribution >= 4 is 21.8 Å². The van der Waals surface area contributed by atoms with Gasteiger partial charge in [0.15, 0.2) is 0 Å². The molecule has 2 rings (SSSR count). The van der Waals surface area contributed by atoms with Crippen molar-refractivity contribution in [2.45, 2.75) is 6.10 Å². The number of hydrogen-bond donors (Lipinski definition) is 2. The lowest BCUT2D eigenvalue weighted by Crippen LogP contribution is -2.28. The Hall–Kier alpha value is -1.65. The number of rotatable bonds is 4. The zero-order chi connectivity index (χ0) is 13.7. The van der Waals surface area contributed by atoms with E-state index in [-0.39, 0.29) is 12.5 Å². The fourth-order valence-electron chi connectivity index (χ4n) is 1.69. The Balaban J connectivity index is 1.92. The van der Waals surface area contributed by atoms with Crippen LogP contribution in [-0.4, -0.2) is 17.6 Å². The number of aliphatic hydroxyl groups is 1. The molecular formula is C15H14BrNO2. The third-order valence-electron chi connectivity index (χ3n) is 2.75. The SMILES string of the molecule is O=C(NC[C@@H](O)c1ccccc1)c1ccc(Br)cc1. The first-order chi connectivity index (χ1) is 9.16. The zero-order valence-electron chi connectivity index (χ0n) is 10.2. The minimum Gasteiger partial charge on any atom is -0.387 e. The van der Waals surface area contributed by atoms with Crippen LogP contribution in [0, 0.1) is 0 Å². The van der Waals surface area contributed by atoms with E-state index in [0.29, 0.717) is 5.56 Å². The predicted octanol–water partition coefficient (Wildman–Crippen LogP) is 2.91. The van der Waals surface area contributed by atoms with Gasteiger partial charge in [-0.25, -0.2) is 0 Å². The molecule has 0 spiro atoms. The molecule has 19 heavy (non-hydrogen) atoms. The van der Waals surface area contributed by atoms with Crippen molar-refractivity contribution in [3.63, 3.8) is 0 Å². The average Bonchev–Trinajstić information content (AvgIpc) is 2.46. The Morgan fingerprint density at radius 1 is 1.11 bits per heavy atom. The molecule has 2 aromatic rings. The molecule has 0 saturated heterocycles. The molecule has 0 aromatic heterocycles. The van der Waals surface area contributed by atoms with Gasteiger partial charge in [-0.1, -0.05) is 46.3 Å². The summed E-state index contributed by atoms with van der Waals surface area (Å²) in [4.78, 5) is 11.9. The molecule has 3 nitrogen and oxygen atoms in total. The van der Waals surface area contributed by atoms with E-state index in [1.807, 2.05) is 42.5 Å². The lowest BCUT2D eigenvalue weighted by atomic mass is 10.1. The molecule has 0 bridgehead atoms. The molecule has 0 radical (unpaired) electrons. The Morgan fingerprint density at radius 3 is 2.37 bits per heavy atom. The van der Waals surface area contributed by atoms with Crippen LogP contribution in [0.25, 0.3) is 0 Å².